The highest BCUT2D eigenvalue weighted by molar-refractivity contribution is 5.91. The molecule has 0 aliphatic carbocycles. The molecule has 0 saturated heterocycles. The Bertz CT molecular complexity index is 656. The van der Waals surface area contributed by atoms with Crippen molar-refractivity contribution < 1.29 is 0 Å². The molecule has 17 heavy (non-hydrogen) atoms. The molecule has 0 atom stereocenters. The third-order valence-electron chi connectivity index (χ3n) is 3.37. The Morgan fingerprint density at radius 2 is 2.24 bits per heavy atom. The molecule has 0 bridgehead atoms. The number of rotatable bonds is 0. The lowest BCUT2D eigenvalue weighted by Gasteiger charge is -2.18. The maximum Gasteiger partial charge on any atom is 0.0934 e. The molecule has 3 heteroatoms. The smallest absolute Gasteiger partial charge is 0.0934 e. The average Bonchev–Trinajstić information content (AvgIpc) is 2.66. The number of aryl methyl sites for hydroxylation is 1. The first-order valence-electron chi connectivity index (χ1n) is 5.73. The van der Waals surface area contributed by atoms with E-state index in [-0.39, 0.29) is 0 Å². The van der Waals surface area contributed by atoms with Crippen LogP contribution in [0.5, 0.6) is 0 Å². The molecule has 0 saturated carbocycles. The molecule has 0 amide bonds. The van der Waals surface area contributed by atoms with E-state index in [9.17, 15) is 0 Å². The summed E-state index contributed by atoms with van der Waals surface area (Å²) in [5.74, 6) is 0. The number of nitriles is 1. The fourth-order valence-corrected chi connectivity index (χ4v) is 2.66. The molecule has 1 aromatic carbocycles. The summed E-state index contributed by atoms with van der Waals surface area (Å²) >= 11 is 0. The van der Waals surface area contributed by atoms with Gasteiger partial charge in [-0.1, -0.05) is 18.2 Å². The largest absolute Gasteiger partial charge is 0.382 e. The molecule has 2 heterocycles. The van der Waals surface area contributed by atoms with E-state index in [4.69, 9.17) is 5.26 Å². The zero-order chi connectivity index (χ0) is 11.8. The Morgan fingerprint density at radius 1 is 1.41 bits per heavy atom. The highest BCUT2D eigenvalue weighted by atomic mass is 15.0. The van der Waals surface area contributed by atoms with Crippen molar-refractivity contribution in [3.63, 3.8) is 0 Å². The molecule has 1 N–H and O–H groups in total. The molecular formula is C14H13N3. The maximum absolute atomic E-state index is 8.83. The second-order valence-electron chi connectivity index (χ2n) is 4.27. The van der Waals surface area contributed by atoms with Crippen LogP contribution in [0.2, 0.25) is 0 Å². The van der Waals surface area contributed by atoms with Gasteiger partial charge in [0.25, 0.3) is 0 Å². The topological polar surface area (TPSA) is 40.8 Å². The van der Waals surface area contributed by atoms with E-state index in [1.807, 2.05) is 0 Å². The number of para-hydroxylation sites is 1. The van der Waals surface area contributed by atoms with Crippen LogP contribution < -0.4 is 5.32 Å². The van der Waals surface area contributed by atoms with Crippen LogP contribution in [0.15, 0.2) is 30.3 Å². The molecule has 1 aliphatic rings. The lowest BCUT2D eigenvalue weighted by Crippen LogP contribution is -2.23. The van der Waals surface area contributed by atoms with E-state index in [1.54, 1.807) is 6.08 Å². The van der Waals surface area contributed by atoms with Gasteiger partial charge < -0.3 is 9.88 Å². The Morgan fingerprint density at radius 3 is 3.06 bits per heavy atom. The third-order valence-corrected chi connectivity index (χ3v) is 3.37. The minimum atomic E-state index is 0.897. The second kappa shape index (κ2) is 3.67. The minimum Gasteiger partial charge on any atom is -0.382 e. The van der Waals surface area contributed by atoms with Crippen molar-refractivity contribution >= 4 is 16.6 Å². The summed E-state index contributed by atoms with van der Waals surface area (Å²) in [4.78, 5) is 0. The van der Waals surface area contributed by atoms with Crippen LogP contribution in [-0.2, 0) is 13.5 Å². The summed E-state index contributed by atoms with van der Waals surface area (Å²) in [7, 11) is 2.05. The summed E-state index contributed by atoms with van der Waals surface area (Å²) in [6, 6.07) is 10.5. The number of hydrogen-bond donors (Lipinski definition) is 1. The van der Waals surface area contributed by atoms with Crippen LogP contribution in [0.25, 0.3) is 16.6 Å². The zero-order valence-electron chi connectivity index (χ0n) is 9.70. The van der Waals surface area contributed by atoms with E-state index < -0.39 is 0 Å². The lowest BCUT2D eigenvalue weighted by atomic mass is 10.0. The molecule has 1 aromatic heterocycles. The highest BCUT2D eigenvalue weighted by Gasteiger charge is 2.21. The molecule has 0 radical (unpaired) electrons. The van der Waals surface area contributed by atoms with Gasteiger partial charge in [0, 0.05) is 30.6 Å². The van der Waals surface area contributed by atoms with Crippen LogP contribution >= 0.6 is 0 Å². The zero-order valence-corrected chi connectivity index (χ0v) is 9.70. The summed E-state index contributed by atoms with van der Waals surface area (Å²) in [6.07, 6.45) is 2.61. The van der Waals surface area contributed by atoms with Crippen molar-refractivity contribution in [2.45, 2.75) is 6.42 Å². The third kappa shape index (κ3) is 1.34. The molecule has 3 nitrogen and oxygen atoms in total. The number of hydrogen-bond acceptors (Lipinski definition) is 2. The maximum atomic E-state index is 8.83. The number of benzene rings is 1. The van der Waals surface area contributed by atoms with Crippen LogP contribution in [0, 0.1) is 11.3 Å². The molecule has 0 fully saturated rings. The Kier molecular flexibility index (Phi) is 2.15. The first-order valence-corrected chi connectivity index (χ1v) is 5.73. The predicted molar refractivity (Wildman–Crippen MR) is 68.2 cm³/mol. The number of allylic oxidation sites excluding steroid dienone is 1. The minimum absolute atomic E-state index is 0.897. The van der Waals surface area contributed by atoms with Crippen molar-refractivity contribution in [2.75, 3.05) is 6.54 Å². The Balaban J connectivity index is 2.38. The monoisotopic (exact) mass is 223 g/mol. The van der Waals surface area contributed by atoms with Gasteiger partial charge in [0.15, 0.2) is 0 Å². The van der Waals surface area contributed by atoms with Crippen LogP contribution in [0.1, 0.15) is 11.3 Å². The van der Waals surface area contributed by atoms with Gasteiger partial charge in [0.1, 0.15) is 0 Å². The molecular weight excluding hydrogens is 210 g/mol. The van der Waals surface area contributed by atoms with Gasteiger partial charge in [0.2, 0.25) is 0 Å². The van der Waals surface area contributed by atoms with Gasteiger partial charge in [-0.15, -0.1) is 0 Å². The van der Waals surface area contributed by atoms with E-state index in [0.717, 1.165) is 24.4 Å². The van der Waals surface area contributed by atoms with Crippen LogP contribution in [0.3, 0.4) is 0 Å². The summed E-state index contributed by atoms with van der Waals surface area (Å²) < 4.78 is 2.17. The van der Waals surface area contributed by atoms with Gasteiger partial charge in [-0.25, -0.2) is 0 Å². The van der Waals surface area contributed by atoms with Crippen LogP contribution in [-0.4, -0.2) is 11.1 Å². The second-order valence-corrected chi connectivity index (χ2v) is 4.27. The molecule has 2 aromatic rings. The summed E-state index contributed by atoms with van der Waals surface area (Å²) in [5.41, 5.74) is 4.67. The highest BCUT2D eigenvalue weighted by Crippen LogP contribution is 2.31. The number of nitrogens with zero attached hydrogens (tertiary/aromatic N) is 2. The molecule has 0 spiro atoms. The van der Waals surface area contributed by atoms with Crippen molar-refractivity contribution in [3.8, 4) is 6.07 Å². The van der Waals surface area contributed by atoms with Gasteiger partial charge in [-0.2, -0.15) is 5.26 Å². The van der Waals surface area contributed by atoms with Gasteiger partial charge >= 0.3 is 0 Å². The van der Waals surface area contributed by atoms with E-state index in [1.165, 1.54) is 16.5 Å². The number of fused-ring (bicyclic) bond motifs is 3. The van der Waals surface area contributed by atoms with Crippen molar-refractivity contribution in [1.29, 1.82) is 5.26 Å². The van der Waals surface area contributed by atoms with Crippen molar-refractivity contribution in [1.82, 2.24) is 9.88 Å². The molecule has 3 rings (SSSR count). The van der Waals surface area contributed by atoms with E-state index in [0.29, 0.717) is 0 Å². The first kappa shape index (κ1) is 9.98. The average molecular weight is 223 g/mol. The number of aromatic nitrogens is 1. The molecule has 0 unspecified atom stereocenters. The Labute approximate surface area is 100.0 Å². The first-order chi connectivity index (χ1) is 8.33. The van der Waals surface area contributed by atoms with Gasteiger partial charge in [-0.3, -0.25) is 0 Å². The van der Waals surface area contributed by atoms with Gasteiger partial charge in [-0.05, 0) is 18.1 Å². The predicted octanol–water partition coefficient (Wildman–Crippen LogP) is 2.19. The fraction of sp³-hybridized carbons (Fsp3) is 0.214. The summed E-state index contributed by atoms with van der Waals surface area (Å²) in [5, 5.41) is 13.4. The van der Waals surface area contributed by atoms with Crippen LogP contribution in [0.4, 0.5) is 0 Å². The molecule has 84 valence electrons. The van der Waals surface area contributed by atoms with Gasteiger partial charge in [0.05, 0.1) is 17.5 Å². The normalized spacial score (nSPS) is 16.6. The quantitative estimate of drug-likeness (QED) is 0.695. The lowest BCUT2D eigenvalue weighted by molar-refractivity contribution is 0.786. The van der Waals surface area contributed by atoms with E-state index >= 15 is 0 Å². The standard InChI is InChI=1S/C14H13N3/c1-17-13-5-3-2-4-10(13)11-7-9-16-12(6-8-15)14(11)17/h2-6,16H,7,9H2,1H3/b12-6-. The molecule has 1 aliphatic heterocycles. The van der Waals surface area contributed by atoms with Crippen molar-refractivity contribution in [3.05, 3.63) is 41.6 Å². The van der Waals surface area contributed by atoms with E-state index in [2.05, 4.69) is 47.3 Å². The summed E-state index contributed by atoms with van der Waals surface area (Å²) in [6.45, 7) is 0.897. The Hall–Kier alpha value is -2.21. The fourth-order valence-electron chi connectivity index (χ4n) is 2.66. The van der Waals surface area contributed by atoms with Crippen molar-refractivity contribution in [2.24, 2.45) is 7.05 Å². The number of nitrogens with one attached hydrogen (secondary N) is 1. The SMILES string of the molecule is Cn1c2c(c3ccccc31)CCN/C2=C\C#N.